The molecule has 21 heavy (non-hydrogen) atoms. The Hall–Kier alpha value is -2.08. The van der Waals surface area contributed by atoms with Gasteiger partial charge >= 0.3 is 0 Å². The second-order valence-corrected chi connectivity index (χ2v) is 5.63. The van der Waals surface area contributed by atoms with Gasteiger partial charge in [0.1, 0.15) is 5.75 Å². The van der Waals surface area contributed by atoms with Crippen LogP contribution in [0.15, 0.2) is 47.9 Å². The molecular weight excluding hydrogens is 286 g/mol. The van der Waals surface area contributed by atoms with E-state index in [2.05, 4.69) is 15.3 Å². The molecule has 2 rings (SSSR count). The summed E-state index contributed by atoms with van der Waals surface area (Å²) >= 11 is 1.33. The number of rotatable bonds is 6. The van der Waals surface area contributed by atoms with E-state index in [1.54, 1.807) is 25.6 Å². The van der Waals surface area contributed by atoms with Crippen LogP contribution in [0.2, 0.25) is 0 Å². The molecule has 110 valence electrons. The molecule has 1 unspecified atom stereocenters. The van der Waals surface area contributed by atoms with Gasteiger partial charge < -0.3 is 10.1 Å². The van der Waals surface area contributed by atoms with Crippen LogP contribution in [-0.2, 0) is 11.3 Å². The first-order chi connectivity index (χ1) is 10.2. The number of benzene rings is 1. The topological polar surface area (TPSA) is 64.1 Å². The predicted molar refractivity (Wildman–Crippen MR) is 82.2 cm³/mol. The van der Waals surface area contributed by atoms with Gasteiger partial charge in [0.25, 0.3) is 0 Å². The van der Waals surface area contributed by atoms with Crippen molar-refractivity contribution in [3.05, 3.63) is 48.3 Å². The summed E-state index contributed by atoms with van der Waals surface area (Å²) in [7, 11) is 1.62. The van der Waals surface area contributed by atoms with E-state index in [-0.39, 0.29) is 11.2 Å². The molecule has 0 aliphatic carbocycles. The molecule has 1 aromatic heterocycles. The Morgan fingerprint density at radius 3 is 2.71 bits per heavy atom. The molecule has 1 amide bonds. The summed E-state index contributed by atoms with van der Waals surface area (Å²) in [6.07, 6.45) is 3.32. The minimum absolute atomic E-state index is 0.0571. The largest absolute Gasteiger partial charge is 0.496 e. The van der Waals surface area contributed by atoms with E-state index in [4.69, 9.17) is 4.74 Å². The van der Waals surface area contributed by atoms with Crippen LogP contribution in [0.4, 0.5) is 0 Å². The number of aromatic nitrogens is 2. The van der Waals surface area contributed by atoms with Crippen molar-refractivity contribution in [3.8, 4) is 5.75 Å². The number of nitrogens with zero attached hydrogens (tertiary/aromatic N) is 2. The van der Waals surface area contributed by atoms with Crippen molar-refractivity contribution in [2.24, 2.45) is 0 Å². The van der Waals surface area contributed by atoms with E-state index in [0.717, 1.165) is 11.3 Å². The predicted octanol–water partition coefficient (Wildman–Crippen LogP) is 2.28. The standard InChI is InChI=1S/C15H17N3O2S/c1-11(21-15-16-8-5-9-17-15)14(19)18-10-12-6-3-4-7-13(12)20-2/h3-9,11H,10H2,1-2H3,(H,18,19). The third-order valence-corrected chi connectivity index (χ3v) is 3.83. The van der Waals surface area contributed by atoms with Crippen molar-refractivity contribution >= 4 is 17.7 Å². The lowest BCUT2D eigenvalue weighted by Gasteiger charge is -2.12. The van der Waals surface area contributed by atoms with Gasteiger partial charge in [0.2, 0.25) is 5.91 Å². The van der Waals surface area contributed by atoms with E-state index in [1.807, 2.05) is 31.2 Å². The fourth-order valence-corrected chi connectivity index (χ4v) is 2.48. The van der Waals surface area contributed by atoms with Crippen molar-refractivity contribution in [3.63, 3.8) is 0 Å². The highest BCUT2D eigenvalue weighted by atomic mass is 32.2. The van der Waals surface area contributed by atoms with Crippen molar-refractivity contribution in [2.75, 3.05) is 7.11 Å². The second kappa shape index (κ2) is 7.64. The van der Waals surface area contributed by atoms with Gasteiger partial charge in [-0.2, -0.15) is 0 Å². The lowest BCUT2D eigenvalue weighted by molar-refractivity contribution is -0.120. The van der Waals surface area contributed by atoms with Gasteiger partial charge in [0.15, 0.2) is 5.16 Å². The van der Waals surface area contributed by atoms with Crippen LogP contribution in [0.3, 0.4) is 0 Å². The van der Waals surface area contributed by atoms with E-state index in [9.17, 15) is 4.79 Å². The fraction of sp³-hybridized carbons (Fsp3) is 0.267. The summed E-state index contributed by atoms with van der Waals surface area (Å²) in [6.45, 7) is 2.27. The van der Waals surface area contributed by atoms with Crippen LogP contribution < -0.4 is 10.1 Å². The maximum atomic E-state index is 12.1. The number of methoxy groups -OCH3 is 1. The van der Waals surface area contributed by atoms with Gasteiger partial charge in [-0.1, -0.05) is 30.0 Å². The zero-order valence-electron chi connectivity index (χ0n) is 11.9. The van der Waals surface area contributed by atoms with Crippen molar-refractivity contribution in [1.29, 1.82) is 0 Å². The molecule has 5 nitrogen and oxygen atoms in total. The summed E-state index contributed by atoms with van der Waals surface area (Å²) in [5.41, 5.74) is 0.946. The minimum atomic E-state index is -0.262. The first kappa shape index (κ1) is 15.3. The van der Waals surface area contributed by atoms with Gasteiger partial charge in [-0.15, -0.1) is 0 Å². The van der Waals surface area contributed by atoms with E-state index >= 15 is 0 Å². The molecule has 1 aromatic carbocycles. The van der Waals surface area contributed by atoms with Crippen molar-refractivity contribution < 1.29 is 9.53 Å². The average molecular weight is 303 g/mol. The molecule has 1 N–H and O–H groups in total. The number of para-hydroxylation sites is 1. The molecule has 0 spiro atoms. The summed E-state index contributed by atoms with van der Waals surface area (Å²) in [6, 6.07) is 9.36. The smallest absolute Gasteiger partial charge is 0.233 e. The first-order valence-electron chi connectivity index (χ1n) is 6.54. The molecule has 0 bridgehead atoms. The Labute approximate surface area is 128 Å². The number of nitrogens with one attached hydrogen (secondary N) is 1. The van der Waals surface area contributed by atoms with Crippen molar-refractivity contribution in [1.82, 2.24) is 15.3 Å². The monoisotopic (exact) mass is 303 g/mol. The van der Waals surface area contributed by atoms with E-state index < -0.39 is 0 Å². The second-order valence-electron chi connectivity index (χ2n) is 4.32. The van der Waals surface area contributed by atoms with Crippen LogP contribution in [0.25, 0.3) is 0 Å². The molecular formula is C15H17N3O2S. The fourth-order valence-electron chi connectivity index (χ4n) is 1.73. The summed E-state index contributed by atoms with van der Waals surface area (Å²) in [4.78, 5) is 20.3. The quantitative estimate of drug-likeness (QED) is 0.655. The zero-order valence-corrected chi connectivity index (χ0v) is 12.8. The Morgan fingerprint density at radius 1 is 1.29 bits per heavy atom. The first-order valence-corrected chi connectivity index (χ1v) is 7.42. The minimum Gasteiger partial charge on any atom is -0.496 e. The van der Waals surface area contributed by atoms with Gasteiger partial charge in [-0.25, -0.2) is 9.97 Å². The molecule has 0 aliphatic rings. The van der Waals surface area contributed by atoms with Crippen LogP contribution in [0.5, 0.6) is 5.75 Å². The Bertz CT molecular complexity index is 592. The highest BCUT2D eigenvalue weighted by Gasteiger charge is 2.15. The summed E-state index contributed by atoms with van der Waals surface area (Å²) < 4.78 is 5.26. The average Bonchev–Trinajstić information content (AvgIpc) is 2.53. The van der Waals surface area contributed by atoms with Gasteiger partial charge in [0.05, 0.1) is 12.4 Å². The third-order valence-electron chi connectivity index (χ3n) is 2.84. The molecule has 0 radical (unpaired) electrons. The number of amides is 1. The number of hydrogen-bond acceptors (Lipinski definition) is 5. The van der Waals surface area contributed by atoms with E-state index in [0.29, 0.717) is 11.7 Å². The molecule has 6 heteroatoms. The van der Waals surface area contributed by atoms with Gasteiger partial charge in [-0.05, 0) is 19.1 Å². The molecule has 2 aromatic rings. The number of carbonyl (C=O) groups excluding carboxylic acids is 1. The third kappa shape index (κ3) is 4.46. The molecule has 1 heterocycles. The molecule has 0 aliphatic heterocycles. The molecule has 0 fully saturated rings. The Kier molecular flexibility index (Phi) is 5.57. The van der Waals surface area contributed by atoms with Gasteiger partial charge in [0, 0.05) is 24.5 Å². The lowest BCUT2D eigenvalue weighted by Crippen LogP contribution is -2.30. The van der Waals surface area contributed by atoms with Crippen LogP contribution in [0.1, 0.15) is 12.5 Å². The normalized spacial score (nSPS) is 11.7. The van der Waals surface area contributed by atoms with Crippen LogP contribution >= 0.6 is 11.8 Å². The summed E-state index contributed by atoms with van der Waals surface area (Å²) in [5.74, 6) is 0.711. The Balaban J connectivity index is 1.89. The number of hydrogen-bond donors (Lipinski definition) is 1. The SMILES string of the molecule is COc1ccccc1CNC(=O)C(C)Sc1ncccn1. The zero-order chi connectivity index (χ0) is 15.1. The highest BCUT2D eigenvalue weighted by Crippen LogP contribution is 2.19. The maximum Gasteiger partial charge on any atom is 0.233 e. The summed E-state index contributed by atoms with van der Waals surface area (Å²) in [5, 5.41) is 3.23. The number of ether oxygens (including phenoxy) is 1. The van der Waals surface area contributed by atoms with Gasteiger partial charge in [-0.3, -0.25) is 4.79 Å². The molecule has 1 atom stereocenters. The van der Waals surface area contributed by atoms with Crippen LogP contribution in [0, 0.1) is 0 Å². The highest BCUT2D eigenvalue weighted by molar-refractivity contribution is 8.00. The Morgan fingerprint density at radius 2 is 2.00 bits per heavy atom. The van der Waals surface area contributed by atoms with Crippen LogP contribution in [-0.4, -0.2) is 28.2 Å². The number of thioether (sulfide) groups is 1. The molecule has 0 saturated heterocycles. The lowest BCUT2D eigenvalue weighted by atomic mass is 10.2. The molecule has 0 saturated carbocycles. The van der Waals surface area contributed by atoms with E-state index in [1.165, 1.54) is 11.8 Å². The number of carbonyl (C=O) groups is 1. The maximum absolute atomic E-state index is 12.1. The van der Waals surface area contributed by atoms with Crippen molar-refractivity contribution in [2.45, 2.75) is 23.9 Å².